The van der Waals surface area contributed by atoms with Gasteiger partial charge in [0.15, 0.2) is 0 Å². The van der Waals surface area contributed by atoms with Crippen LogP contribution in [-0.4, -0.2) is 78.8 Å². The third-order valence-electron chi connectivity index (χ3n) is 4.35. The zero-order valence-corrected chi connectivity index (χ0v) is 22.6. The van der Waals surface area contributed by atoms with Crippen molar-refractivity contribution < 1.29 is 32.3 Å². The van der Waals surface area contributed by atoms with Crippen molar-refractivity contribution in [3.63, 3.8) is 0 Å². The van der Waals surface area contributed by atoms with Gasteiger partial charge >= 0.3 is 169 Å². The van der Waals surface area contributed by atoms with Gasteiger partial charge in [0.25, 0.3) is 0 Å². The molecule has 0 aliphatic carbocycles. The van der Waals surface area contributed by atoms with Crippen LogP contribution in [0, 0.1) is 0 Å². The van der Waals surface area contributed by atoms with Gasteiger partial charge in [-0.3, -0.25) is 4.79 Å². The Hall–Kier alpha value is -1.78. The van der Waals surface area contributed by atoms with Crippen molar-refractivity contribution in [1.82, 2.24) is 10.2 Å². The Kier molecular flexibility index (Phi) is 10.7. The monoisotopic (exact) mass is 601 g/mol. The molecule has 0 spiro atoms. The van der Waals surface area contributed by atoms with Crippen molar-refractivity contribution in [3.05, 3.63) is 38.7 Å². The Morgan fingerprint density at radius 1 is 1.29 bits per heavy atom. The van der Waals surface area contributed by atoms with Crippen LogP contribution in [0.1, 0.15) is 22.2 Å². The maximum absolute atomic E-state index is 12.8. The van der Waals surface area contributed by atoms with E-state index in [1.165, 1.54) is 18.2 Å². The molecule has 1 aromatic carbocycles. The molecule has 1 aromatic heterocycles. The Bertz CT molecular complexity index is 1050. The Morgan fingerprint density at radius 3 is 2.44 bits per heavy atom. The van der Waals surface area contributed by atoms with Gasteiger partial charge in [-0.2, -0.15) is 0 Å². The normalized spacial score (nSPS) is 13.6. The number of esters is 1. The number of carbonyl (C=O) groups excluding carboxylic acids is 3. The molecule has 2 heterocycles. The fraction of sp³-hybridized carbons (Fsp3) is 0.350. The van der Waals surface area contributed by atoms with Gasteiger partial charge in [0.2, 0.25) is 6.41 Å². The molecule has 1 aliphatic rings. The zero-order valence-electron chi connectivity index (χ0n) is 17.8. The van der Waals surface area contributed by atoms with Crippen LogP contribution in [0.15, 0.2) is 18.2 Å². The summed E-state index contributed by atoms with van der Waals surface area (Å²) in [5.41, 5.74) is 0.146. The van der Waals surface area contributed by atoms with Gasteiger partial charge in [-0.25, -0.2) is 0 Å². The molecule has 1 aliphatic heterocycles. The number of halogens is 5. The number of carbonyl (C=O) groups is 3. The van der Waals surface area contributed by atoms with Gasteiger partial charge in [0.1, 0.15) is 0 Å². The molecule has 1 amide bonds. The Labute approximate surface area is 216 Å². The molecule has 0 saturated carbocycles. The quantitative estimate of drug-likeness (QED) is 0.229. The summed E-state index contributed by atoms with van der Waals surface area (Å²) >= 11 is 13.6. The molecule has 0 bridgehead atoms. The summed E-state index contributed by atoms with van der Waals surface area (Å²) < 4.78 is 42.2. The minimum absolute atomic E-state index is 0.113. The third kappa shape index (κ3) is 7.61. The van der Waals surface area contributed by atoms with Crippen LogP contribution < -0.4 is 19.7 Å². The number of alkyl halides is 3. The number of ketones is 1. The number of nitrogens with one attached hydrogen (secondary N) is 2. The molecule has 0 radical (unpaired) electrons. The van der Waals surface area contributed by atoms with Crippen molar-refractivity contribution in [2.45, 2.75) is 13.1 Å². The van der Waals surface area contributed by atoms with Crippen molar-refractivity contribution in [2.24, 2.45) is 0 Å². The number of amides is 1. The van der Waals surface area contributed by atoms with E-state index in [1.807, 2.05) is 0 Å². The number of thiophene rings is 1. The Morgan fingerprint density at radius 2 is 1.94 bits per heavy atom. The summed E-state index contributed by atoms with van der Waals surface area (Å²) in [5, 5.41) is 6.57. The number of hydrogen-bond acceptors (Lipinski definition) is 7. The van der Waals surface area contributed by atoms with E-state index in [2.05, 4.69) is 15.4 Å². The van der Waals surface area contributed by atoms with Crippen LogP contribution in [0.25, 0.3) is 0 Å². The molecule has 2 N–H and O–H groups in total. The molecule has 1 saturated heterocycles. The van der Waals surface area contributed by atoms with E-state index in [0.29, 0.717) is 11.6 Å². The third-order valence-corrected chi connectivity index (χ3v) is 7.63. The van der Waals surface area contributed by atoms with Crippen LogP contribution in [0.2, 0.25) is 10.0 Å². The minimum atomic E-state index is -5.14. The van der Waals surface area contributed by atoms with Crippen molar-refractivity contribution in [1.29, 1.82) is 0 Å². The van der Waals surface area contributed by atoms with Crippen LogP contribution in [-0.2, 0) is 9.59 Å². The maximum Gasteiger partial charge on any atom is 0.209 e. The first-order valence-corrected chi connectivity index (χ1v) is 12.6. The van der Waals surface area contributed by atoms with E-state index >= 15 is 0 Å². The second-order valence-electron chi connectivity index (χ2n) is 6.77. The summed E-state index contributed by atoms with van der Waals surface area (Å²) in [7, 11) is 0. The average Bonchev–Trinajstić information content (AvgIpc) is 3.09. The van der Waals surface area contributed by atoms with E-state index in [1.54, 1.807) is 11.8 Å². The van der Waals surface area contributed by atoms with Gasteiger partial charge in [0.05, 0.1) is 0 Å². The fourth-order valence-corrected chi connectivity index (χ4v) is 5.57. The van der Waals surface area contributed by atoms with Gasteiger partial charge in [-0.15, -0.1) is 0 Å². The van der Waals surface area contributed by atoms with E-state index < -0.39 is 17.9 Å². The summed E-state index contributed by atoms with van der Waals surface area (Å²) in [6.45, 7) is 5.69. The molecule has 7 nitrogen and oxygen atoms in total. The maximum atomic E-state index is 12.8. The summed E-state index contributed by atoms with van der Waals surface area (Å²) in [6.07, 6.45) is -4.24. The van der Waals surface area contributed by atoms with E-state index in [9.17, 15) is 27.6 Å². The first-order valence-electron chi connectivity index (χ1n) is 9.84. The second-order valence-corrected chi connectivity index (χ2v) is 9.84. The predicted octanol–water partition coefficient (Wildman–Crippen LogP) is 2.49. The number of benzene rings is 1. The van der Waals surface area contributed by atoms with Crippen LogP contribution >= 0.6 is 34.5 Å². The largest absolute Gasteiger partial charge is 0.343 e. The molecule has 1 atom stereocenters. The number of ether oxygens (including phenoxy) is 1. The van der Waals surface area contributed by atoms with E-state index in [-0.39, 0.29) is 30.6 Å². The summed E-state index contributed by atoms with van der Waals surface area (Å²) in [4.78, 5) is 35.9. The van der Waals surface area contributed by atoms with Gasteiger partial charge in [-0.1, -0.05) is 0 Å². The van der Waals surface area contributed by atoms with Gasteiger partial charge in [-0.05, 0) is 0 Å². The van der Waals surface area contributed by atoms with Crippen molar-refractivity contribution in [3.8, 4) is 5.75 Å². The number of anilines is 1. The smallest absolute Gasteiger partial charge is 0.209 e. The molecule has 34 heavy (non-hydrogen) atoms. The average molecular weight is 602 g/mol. The predicted molar refractivity (Wildman–Crippen MR) is 129 cm³/mol. The van der Waals surface area contributed by atoms with Crippen LogP contribution in [0.5, 0.6) is 5.75 Å². The first-order chi connectivity index (χ1) is 16.0. The second kappa shape index (κ2) is 12.8. The number of rotatable bonds is 6. The molecule has 1 unspecified atom stereocenters. The van der Waals surface area contributed by atoms with Crippen molar-refractivity contribution >= 4 is 78.9 Å². The molecule has 186 valence electrons. The minimum Gasteiger partial charge on any atom is -0.343 e. The SMILES string of the molecule is CCNc1sc(C(=O)c2ccc(Cl)cc2Cl)c([AsH2])c1OC(=O)C(F)(F)F.O=CN1CCNCC1. The number of hydrogen-bond donors (Lipinski definition) is 2. The molecule has 2 aromatic rings. The van der Waals surface area contributed by atoms with Crippen molar-refractivity contribution in [2.75, 3.05) is 38.0 Å². The summed E-state index contributed by atoms with van der Waals surface area (Å²) in [5.74, 6) is -3.14. The number of piperazine rings is 1. The first kappa shape index (κ1) is 28.5. The fourth-order valence-electron chi connectivity index (χ4n) is 2.71. The molecule has 1 fully saturated rings. The van der Waals surface area contributed by atoms with E-state index in [0.717, 1.165) is 60.8 Å². The zero-order chi connectivity index (χ0) is 25.5. The molecule has 3 rings (SSSR count). The van der Waals surface area contributed by atoms with Crippen LogP contribution in [0.4, 0.5) is 18.2 Å². The van der Waals surface area contributed by atoms with Gasteiger partial charge < -0.3 is 10.2 Å². The standard InChI is InChI=1S/C15H11AsCl2F3NO3S.C5H10N2O/c1-2-22-13-11(25-14(24)15(19,20)21)9(16)12(26-13)10(23)7-4-3-6(17)5-8(7)18;8-5-7-3-1-6-2-4-7/h3-5,22H,2,16H2,1H3;5-6H,1-4H2. The summed E-state index contributed by atoms with van der Waals surface area (Å²) in [6, 6.07) is 4.29. The van der Waals surface area contributed by atoms with Crippen LogP contribution in [0.3, 0.4) is 0 Å². The van der Waals surface area contributed by atoms with Gasteiger partial charge in [0, 0.05) is 26.2 Å². The number of nitrogens with zero attached hydrogens (tertiary/aromatic N) is 1. The Balaban J connectivity index is 0.000000430. The molecular formula is C20H21AsCl2F3N3O4S. The molecular weight excluding hydrogens is 581 g/mol. The van der Waals surface area contributed by atoms with E-state index in [4.69, 9.17) is 23.2 Å². The topological polar surface area (TPSA) is 87.7 Å². The molecule has 14 heteroatoms.